The molecule has 8 nitrogen and oxygen atoms in total. The van der Waals surface area contributed by atoms with Gasteiger partial charge in [-0.15, -0.1) is 0 Å². The lowest BCUT2D eigenvalue weighted by Crippen LogP contribution is -2.40. The van der Waals surface area contributed by atoms with E-state index in [9.17, 15) is 9.59 Å². The molecule has 0 N–H and O–H groups in total. The van der Waals surface area contributed by atoms with E-state index in [1.54, 1.807) is 11.8 Å². The second-order valence-corrected chi connectivity index (χ2v) is 6.92. The van der Waals surface area contributed by atoms with Crippen LogP contribution in [0.5, 0.6) is 0 Å². The number of carbonyl (C=O) groups excluding carboxylic acids is 2. The van der Waals surface area contributed by atoms with Crippen LogP contribution in [0.15, 0.2) is 22.7 Å². The number of likely N-dealkylation sites (tertiary alicyclic amines) is 2. The van der Waals surface area contributed by atoms with Crippen LogP contribution in [0.1, 0.15) is 35.9 Å². The molecule has 136 valence electrons. The van der Waals surface area contributed by atoms with Crippen molar-refractivity contribution in [1.82, 2.24) is 24.9 Å². The van der Waals surface area contributed by atoms with E-state index in [0.29, 0.717) is 31.2 Å². The molecule has 0 aromatic carbocycles. The van der Waals surface area contributed by atoms with Crippen molar-refractivity contribution < 1.29 is 14.1 Å². The van der Waals surface area contributed by atoms with E-state index in [1.807, 2.05) is 30.0 Å². The molecule has 2 amide bonds. The molecule has 2 atom stereocenters. The highest BCUT2D eigenvalue weighted by atomic mass is 16.5. The van der Waals surface area contributed by atoms with Crippen molar-refractivity contribution in [2.75, 3.05) is 6.54 Å². The van der Waals surface area contributed by atoms with Gasteiger partial charge in [-0.25, -0.2) is 0 Å². The lowest BCUT2D eigenvalue weighted by atomic mass is 10.1. The third kappa shape index (κ3) is 3.07. The standard InChI is InChI=1S/C18H21N5O3/c1-11-4-3-5-13(19-11)10-23-14-6-7-22(15(14)8-17(23)24)18(25)9-16-20-12(2)21-26-16/h3-5,14-15H,6-10H2,1-2H3/t14-,15-/m0/s1. The Kier molecular flexibility index (Phi) is 4.18. The normalized spacial score (nSPS) is 22.2. The number of aryl methyl sites for hydroxylation is 2. The van der Waals surface area contributed by atoms with Crippen LogP contribution in [0, 0.1) is 13.8 Å². The average molecular weight is 355 g/mol. The zero-order chi connectivity index (χ0) is 18.3. The predicted molar refractivity (Wildman–Crippen MR) is 90.8 cm³/mol. The summed E-state index contributed by atoms with van der Waals surface area (Å²) in [6.07, 6.45) is 1.24. The summed E-state index contributed by atoms with van der Waals surface area (Å²) in [6.45, 7) is 4.79. The van der Waals surface area contributed by atoms with Crippen molar-refractivity contribution in [1.29, 1.82) is 0 Å². The molecular formula is C18H21N5O3. The van der Waals surface area contributed by atoms with E-state index in [0.717, 1.165) is 17.8 Å². The van der Waals surface area contributed by atoms with Gasteiger partial charge in [-0.05, 0) is 32.4 Å². The molecule has 2 aromatic rings. The van der Waals surface area contributed by atoms with Crippen LogP contribution < -0.4 is 0 Å². The molecule has 0 unspecified atom stereocenters. The molecule has 0 spiro atoms. The first-order valence-corrected chi connectivity index (χ1v) is 8.82. The Labute approximate surface area is 151 Å². The van der Waals surface area contributed by atoms with E-state index in [4.69, 9.17) is 4.52 Å². The molecule has 4 heterocycles. The smallest absolute Gasteiger partial charge is 0.236 e. The van der Waals surface area contributed by atoms with E-state index in [1.165, 1.54) is 0 Å². The molecule has 2 aromatic heterocycles. The van der Waals surface area contributed by atoms with Crippen LogP contribution in [-0.4, -0.2) is 55.4 Å². The van der Waals surface area contributed by atoms with Gasteiger partial charge in [0.1, 0.15) is 6.42 Å². The van der Waals surface area contributed by atoms with Crippen molar-refractivity contribution in [2.45, 2.75) is 51.7 Å². The summed E-state index contributed by atoms with van der Waals surface area (Å²) < 4.78 is 5.04. The van der Waals surface area contributed by atoms with Gasteiger partial charge < -0.3 is 14.3 Å². The first-order valence-electron chi connectivity index (χ1n) is 8.82. The van der Waals surface area contributed by atoms with Crippen LogP contribution in [0.2, 0.25) is 0 Å². The van der Waals surface area contributed by atoms with Crippen molar-refractivity contribution >= 4 is 11.8 Å². The SMILES string of the molecule is Cc1cccc(CN2C(=O)C[C@H]3[C@@H]2CCN3C(=O)Cc2nc(C)no2)n1. The number of fused-ring (bicyclic) bond motifs is 1. The molecule has 26 heavy (non-hydrogen) atoms. The summed E-state index contributed by atoms with van der Waals surface area (Å²) in [4.78, 5) is 37.4. The minimum atomic E-state index is -0.0798. The second kappa shape index (κ2) is 6.51. The molecule has 0 bridgehead atoms. The number of carbonyl (C=O) groups is 2. The summed E-state index contributed by atoms with van der Waals surface area (Å²) in [6, 6.07) is 5.80. The van der Waals surface area contributed by atoms with Crippen molar-refractivity contribution in [3.63, 3.8) is 0 Å². The number of hydrogen-bond donors (Lipinski definition) is 0. The maximum atomic E-state index is 12.6. The van der Waals surface area contributed by atoms with Crippen LogP contribution >= 0.6 is 0 Å². The quantitative estimate of drug-likeness (QED) is 0.813. The Morgan fingerprint density at radius 2 is 2.12 bits per heavy atom. The van der Waals surface area contributed by atoms with Crippen molar-refractivity contribution in [3.8, 4) is 0 Å². The average Bonchev–Trinajstić information content (AvgIpc) is 3.25. The number of hydrogen-bond acceptors (Lipinski definition) is 6. The number of amides is 2. The molecule has 2 fully saturated rings. The Balaban J connectivity index is 1.45. The Morgan fingerprint density at radius 3 is 2.85 bits per heavy atom. The summed E-state index contributed by atoms with van der Waals surface area (Å²) in [7, 11) is 0. The Morgan fingerprint density at radius 1 is 1.27 bits per heavy atom. The highest BCUT2D eigenvalue weighted by Crippen LogP contribution is 2.33. The molecule has 0 aliphatic carbocycles. The van der Waals surface area contributed by atoms with E-state index in [-0.39, 0.29) is 30.3 Å². The van der Waals surface area contributed by atoms with Gasteiger partial charge in [-0.3, -0.25) is 14.6 Å². The molecule has 2 aliphatic heterocycles. The Hall–Kier alpha value is -2.77. The van der Waals surface area contributed by atoms with E-state index >= 15 is 0 Å². The molecule has 8 heteroatoms. The fraction of sp³-hybridized carbons (Fsp3) is 0.500. The third-order valence-corrected chi connectivity index (χ3v) is 5.09. The topological polar surface area (TPSA) is 92.4 Å². The van der Waals surface area contributed by atoms with E-state index in [2.05, 4.69) is 15.1 Å². The number of pyridine rings is 1. The van der Waals surface area contributed by atoms with Gasteiger partial charge in [0.25, 0.3) is 0 Å². The summed E-state index contributed by atoms with van der Waals surface area (Å²) in [5, 5.41) is 3.71. The van der Waals surface area contributed by atoms with Gasteiger partial charge in [0.15, 0.2) is 5.82 Å². The van der Waals surface area contributed by atoms with Gasteiger partial charge in [-0.2, -0.15) is 4.98 Å². The number of nitrogens with zero attached hydrogens (tertiary/aromatic N) is 5. The first-order chi connectivity index (χ1) is 12.5. The molecule has 2 aliphatic rings. The van der Waals surface area contributed by atoms with Crippen LogP contribution in [0.25, 0.3) is 0 Å². The van der Waals surface area contributed by atoms with Crippen LogP contribution in [0.4, 0.5) is 0 Å². The lowest BCUT2D eigenvalue weighted by molar-refractivity contribution is -0.132. The zero-order valence-corrected chi connectivity index (χ0v) is 14.9. The molecule has 2 saturated heterocycles. The highest BCUT2D eigenvalue weighted by molar-refractivity contribution is 5.84. The minimum Gasteiger partial charge on any atom is -0.339 e. The monoisotopic (exact) mass is 355 g/mol. The van der Waals surface area contributed by atoms with Crippen LogP contribution in [-0.2, 0) is 22.6 Å². The zero-order valence-electron chi connectivity index (χ0n) is 14.9. The summed E-state index contributed by atoms with van der Waals surface area (Å²) in [5.74, 6) is 0.847. The van der Waals surface area contributed by atoms with Gasteiger partial charge >= 0.3 is 0 Å². The van der Waals surface area contributed by atoms with Gasteiger partial charge in [0.05, 0.1) is 24.3 Å². The number of rotatable bonds is 4. The number of aromatic nitrogens is 3. The highest BCUT2D eigenvalue weighted by Gasteiger charge is 2.48. The Bertz CT molecular complexity index is 849. The van der Waals surface area contributed by atoms with Gasteiger partial charge in [-0.1, -0.05) is 11.2 Å². The van der Waals surface area contributed by atoms with Crippen molar-refractivity contribution in [3.05, 3.63) is 41.3 Å². The molecule has 4 rings (SSSR count). The maximum Gasteiger partial charge on any atom is 0.236 e. The first kappa shape index (κ1) is 16.7. The fourth-order valence-corrected chi connectivity index (χ4v) is 3.95. The summed E-state index contributed by atoms with van der Waals surface area (Å²) in [5.41, 5.74) is 1.81. The molecule has 0 saturated carbocycles. The lowest BCUT2D eigenvalue weighted by Gasteiger charge is -2.25. The van der Waals surface area contributed by atoms with Crippen molar-refractivity contribution in [2.24, 2.45) is 0 Å². The predicted octanol–water partition coefficient (Wildman–Crippen LogP) is 1.03. The largest absolute Gasteiger partial charge is 0.339 e. The summed E-state index contributed by atoms with van der Waals surface area (Å²) >= 11 is 0. The minimum absolute atomic E-state index is 0.0539. The van der Waals surface area contributed by atoms with Gasteiger partial charge in [0.2, 0.25) is 17.7 Å². The molecular weight excluding hydrogens is 334 g/mol. The van der Waals surface area contributed by atoms with Crippen LogP contribution in [0.3, 0.4) is 0 Å². The fourth-order valence-electron chi connectivity index (χ4n) is 3.95. The van der Waals surface area contributed by atoms with E-state index < -0.39 is 0 Å². The third-order valence-electron chi connectivity index (χ3n) is 5.09. The van der Waals surface area contributed by atoms with Gasteiger partial charge in [0, 0.05) is 18.7 Å². The maximum absolute atomic E-state index is 12.6. The second-order valence-electron chi connectivity index (χ2n) is 6.92. The molecule has 0 radical (unpaired) electrons.